The van der Waals surface area contributed by atoms with E-state index in [1.807, 2.05) is 24.3 Å². The predicted molar refractivity (Wildman–Crippen MR) is 103 cm³/mol. The monoisotopic (exact) mass is 361 g/mol. The molecule has 5 nitrogen and oxygen atoms in total. The Balaban J connectivity index is 1.69. The van der Waals surface area contributed by atoms with Gasteiger partial charge in [0.2, 0.25) is 0 Å². The smallest absolute Gasteiger partial charge is 0.302 e. The summed E-state index contributed by atoms with van der Waals surface area (Å²) in [6, 6.07) is 11.2. The first-order valence-electron chi connectivity index (χ1n) is 9.14. The first-order valence-corrected chi connectivity index (χ1v) is 9.14. The summed E-state index contributed by atoms with van der Waals surface area (Å²) in [5.41, 5.74) is 3.52. The van der Waals surface area contributed by atoms with Crippen molar-refractivity contribution in [3.8, 4) is 5.75 Å². The van der Waals surface area contributed by atoms with Gasteiger partial charge in [0.05, 0.1) is 17.8 Å². The van der Waals surface area contributed by atoms with E-state index in [2.05, 4.69) is 0 Å². The standard InChI is InChI=1S/C21H20BNO4/c1-13(24)27-12-17-18(22)3-2-4-19(17)23-9-10-26-20-11-15(14-5-6-14)7-8-16(20)21(23)25/h2-4,7-8,11,14H,5-6,9-10,12H2,1H3. The lowest BCUT2D eigenvalue weighted by Crippen LogP contribution is -2.34. The molecule has 2 radical (unpaired) electrons. The van der Waals surface area contributed by atoms with Crippen LogP contribution in [0.15, 0.2) is 36.4 Å². The van der Waals surface area contributed by atoms with Gasteiger partial charge in [0.1, 0.15) is 26.8 Å². The highest BCUT2D eigenvalue weighted by molar-refractivity contribution is 6.34. The minimum atomic E-state index is -0.396. The van der Waals surface area contributed by atoms with Crippen LogP contribution >= 0.6 is 0 Å². The van der Waals surface area contributed by atoms with Crippen molar-refractivity contribution in [2.45, 2.75) is 32.3 Å². The number of carbonyl (C=O) groups excluding carboxylic acids is 2. The SMILES string of the molecule is [B]c1cccc(N2CCOc3cc(C4CC4)ccc3C2=O)c1COC(C)=O. The Hall–Kier alpha value is -2.76. The summed E-state index contributed by atoms with van der Waals surface area (Å²) in [7, 11) is 6.09. The van der Waals surface area contributed by atoms with Crippen molar-refractivity contribution in [2.75, 3.05) is 18.1 Å². The van der Waals surface area contributed by atoms with Gasteiger partial charge in [0, 0.05) is 12.5 Å². The fraction of sp³-hybridized carbons (Fsp3) is 0.333. The second-order valence-corrected chi connectivity index (χ2v) is 6.96. The molecule has 0 aromatic heterocycles. The first kappa shape index (κ1) is 17.6. The molecular formula is C21H20BNO4. The summed E-state index contributed by atoms with van der Waals surface area (Å²) in [6.45, 7) is 2.14. The summed E-state index contributed by atoms with van der Waals surface area (Å²) >= 11 is 0. The van der Waals surface area contributed by atoms with Gasteiger partial charge < -0.3 is 14.4 Å². The van der Waals surface area contributed by atoms with Crippen LogP contribution in [0.3, 0.4) is 0 Å². The third kappa shape index (κ3) is 3.57. The molecule has 1 aliphatic heterocycles. The van der Waals surface area contributed by atoms with Crippen molar-refractivity contribution in [1.29, 1.82) is 0 Å². The van der Waals surface area contributed by atoms with Crippen molar-refractivity contribution in [3.05, 3.63) is 53.1 Å². The number of fused-ring (bicyclic) bond motifs is 1. The second kappa shape index (κ2) is 7.10. The van der Waals surface area contributed by atoms with Gasteiger partial charge in [0.25, 0.3) is 5.91 Å². The normalized spacial score (nSPS) is 16.3. The van der Waals surface area contributed by atoms with Crippen LogP contribution in [0.2, 0.25) is 0 Å². The van der Waals surface area contributed by atoms with Gasteiger partial charge in [-0.25, -0.2) is 0 Å². The lowest BCUT2D eigenvalue weighted by atomic mass is 9.89. The number of hydrogen-bond acceptors (Lipinski definition) is 4. The Morgan fingerprint density at radius 2 is 2.11 bits per heavy atom. The Kier molecular flexibility index (Phi) is 4.64. The molecule has 1 fully saturated rings. The van der Waals surface area contributed by atoms with Crippen LogP contribution in [0.1, 0.15) is 47.2 Å². The van der Waals surface area contributed by atoms with Crippen molar-refractivity contribution in [2.24, 2.45) is 0 Å². The largest absolute Gasteiger partial charge is 0.491 e. The zero-order chi connectivity index (χ0) is 19.0. The zero-order valence-electron chi connectivity index (χ0n) is 15.2. The van der Waals surface area contributed by atoms with Crippen molar-refractivity contribution >= 4 is 30.9 Å². The predicted octanol–water partition coefficient (Wildman–Crippen LogP) is 2.46. The van der Waals surface area contributed by atoms with E-state index >= 15 is 0 Å². The van der Waals surface area contributed by atoms with E-state index in [1.54, 1.807) is 17.0 Å². The molecule has 4 rings (SSSR count). The molecule has 6 heteroatoms. The molecule has 1 heterocycles. The van der Waals surface area contributed by atoms with Gasteiger partial charge in [-0.3, -0.25) is 9.59 Å². The summed E-state index contributed by atoms with van der Waals surface area (Å²) in [4.78, 5) is 26.1. The van der Waals surface area contributed by atoms with Crippen molar-refractivity contribution < 1.29 is 19.1 Å². The highest BCUT2D eigenvalue weighted by Crippen LogP contribution is 2.42. The maximum absolute atomic E-state index is 13.2. The fourth-order valence-electron chi connectivity index (χ4n) is 3.41. The summed E-state index contributed by atoms with van der Waals surface area (Å²) in [5.74, 6) is 0.696. The van der Waals surface area contributed by atoms with Crippen molar-refractivity contribution in [3.63, 3.8) is 0 Å². The van der Waals surface area contributed by atoms with Crippen LogP contribution < -0.4 is 15.1 Å². The van der Waals surface area contributed by atoms with Crippen LogP contribution in [0.25, 0.3) is 0 Å². The van der Waals surface area contributed by atoms with Crippen molar-refractivity contribution in [1.82, 2.24) is 0 Å². The number of rotatable bonds is 4. The third-order valence-electron chi connectivity index (χ3n) is 5.00. The van der Waals surface area contributed by atoms with E-state index in [-0.39, 0.29) is 12.5 Å². The second-order valence-electron chi connectivity index (χ2n) is 6.96. The van der Waals surface area contributed by atoms with E-state index in [0.29, 0.717) is 47.1 Å². The Morgan fingerprint density at radius 3 is 2.85 bits per heavy atom. The Morgan fingerprint density at radius 1 is 1.30 bits per heavy atom. The molecule has 1 amide bonds. The van der Waals surface area contributed by atoms with Gasteiger partial charge in [-0.05, 0) is 42.5 Å². The third-order valence-corrected chi connectivity index (χ3v) is 5.00. The van der Waals surface area contributed by atoms with Crippen LogP contribution in [0, 0.1) is 0 Å². The quantitative estimate of drug-likeness (QED) is 0.620. The highest BCUT2D eigenvalue weighted by atomic mass is 16.5. The number of amides is 1. The molecule has 0 unspecified atom stereocenters. The number of nitrogens with zero attached hydrogens (tertiary/aromatic N) is 1. The first-order chi connectivity index (χ1) is 13.0. The summed E-state index contributed by atoms with van der Waals surface area (Å²) < 4.78 is 11.0. The maximum Gasteiger partial charge on any atom is 0.302 e. The van der Waals surface area contributed by atoms with Crippen LogP contribution in [0.4, 0.5) is 5.69 Å². The maximum atomic E-state index is 13.2. The van der Waals surface area contributed by atoms with E-state index in [9.17, 15) is 9.59 Å². The zero-order valence-corrected chi connectivity index (χ0v) is 15.2. The van der Waals surface area contributed by atoms with E-state index in [1.165, 1.54) is 25.3 Å². The molecule has 136 valence electrons. The minimum absolute atomic E-state index is 0.0233. The molecule has 2 aliphatic rings. The molecule has 0 spiro atoms. The number of ether oxygens (including phenoxy) is 2. The van der Waals surface area contributed by atoms with E-state index in [4.69, 9.17) is 17.3 Å². The number of anilines is 1. The molecule has 0 saturated heterocycles. The number of esters is 1. The van der Waals surface area contributed by atoms with Gasteiger partial charge >= 0.3 is 5.97 Å². The molecule has 0 N–H and O–H groups in total. The van der Waals surface area contributed by atoms with Gasteiger partial charge in [-0.2, -0.15) is 0 Å². The fourth-order valence-corrected chi connectivity index (χ4v) is 3.41. The van der Waals surface area contributed by atoms with E-state index < -0.39 is 5.97 Å². The molecule has 2 aromatic rings. The number of benzene rings is 2. The molecular weight excluding hydrogens is 341 g/mol. The van der Waals surface area contributed by atoms with Gasteiger partial charge in [0.15, 0.2) is 0 Å². The average molecular weight is 361 g/mol. The van der Waals surface area contributed by atoms with Crippen LogP contribution in [0.5, 0.6) is 5.75 Å². The van der Waals surface area contributed by atoms with Gasteiger partial charge in [-0.1, -0.05) is 23.7 Å². The average Bonchev–Trinajstić information content (AvgIpc) is 3.49. The van der Waals surface area contributed by atoms with Crippen LogP contribution in [-0.4, -0.2) is 32.9 Å². The molecule has 0 bridgehead atoms. The van der Waals surface area contributed by atoms with E-state index in [0.717, 1.165) is 0 Å². The number of carbonyl (C=O) groups is 2. The summed E-state index contributed by atoms with van der Waals surface area (Å²) in [6.07, 6.45) is 2.39. The summed E-state index contributed by atoms with van der Waals surface area (Å²) in [5, 5.41) is 0. The molecule has 2 aromatic carbocycles. The molecule has 1 saturated carbocycles. The lowest BCUT2D eigenvalue weighted by molar-refractivity contribution is -0.142. The van der Waals surface area contributed by atoms with Crippen LogP contribution in [-0.2, 0) is 16.1 Å². The highest BCUT2D eigenvalue weighted by Gasteiger charge is 2.29. The molecule has 1 aliphatic carbocycles. The lowest BCUT2D eigenvalue weighted by Gasteiger charge is -2.24. The molecule has 0 atom stereocenters. The Bertz CT molecular complexity index is 907. The number of hydrogen-bond donors (Lipinski definition) is 0. The molecule has 27 heavy (non-hydrogen) atoms. The van der Waals surface area contributed by atoms with Gasteiger partial charge in [-0.15, -0.1) is 0 Å². The Labute approximate surface area is 159 Å². The minimum Gasteiger partial charge on any atom is -0.491 e. The topological polar surface area (TPSA) is 55.8 Å².